The van der Waals surface area contributed by atoms with Crippen LogP contribution in [0.25, 0.3) is 0 Å². The first-order chi connectivity index (χ1) is 8.40. The molecule has 0 aromatic heterocycles. The van der Waals surface area contributed by atoms with E-state index in [2.05, 4.69) is 4.74 Å². The van der Waals surface area contributed by atoms with Crippen LogP contribution in [0.3, 0.4) is 0 Å². The third kappa shape index (κ3) is 3.37. The molecule has 0 aliphatic carbocycles. The van der Waals surface area contributed by atoms with Crippen LogP contribution >= 0.6 is 0 Å². The molecule has 100 valence electrons. The Morgan fingerprint density at radius 2 is 2.17 bits per heavy atom. The van der Waals surface area contributed by atoms with Gasteiger partial charge in [-0.2, -0.15) is 0 Å². The monoisotopic (exact) mass is 253 g/mol. The number of hydrogen-bond donors (Lipinski definition) is 2. The number of likely N-dealkylation sites (N-methyl/N-ethyl adjacent to an activating group) is 1. The summed E-state index contributed by atoms with van der Waals surface area (Å²) in [6.45, 7) is 4.00. The lowest BCUT2D eigenvalue weighted by Gasteiger charge is -2.30. The molecular formula is C13H19NO4. The Morgan fingerprint density at radius 1 is 1.50 bits per heavy atom. The number of rotatable bonds is 5. The van der Waals surface area contributed by atoms with Crippen molar-refractivity contribution in [2.24, 2.45) is 0 Å². The predicted molar refractivity (Wildman–Crippen MR) is 68.6 cm³/mol. The number of nitrogens with zero attached hydrogens (tertiary/aromatic N) is 1. The van der Waals surface area contributed by atoms with E-state index in [1.807, 2.05) is 6.92 Å². The Kier molecular flexibility index (Phi) is 4.55. The largest absolute Gasteiger partial charge is 0.508 e. The van der Waals surface area contributed by atoms with Gasteiger partial charge in [0.05, 0.1) is 13.7 Å². The molecule has 0 spiro atoms. The van der Waals surface area contributed by atoms with Crippen LogP contribution in [0.1, 0.15) is 13.8 Å². The van der Waals surface area contributed by atoms with Crippen LogP contribution in [0.5, 0.6) is 5.75 Å². The van der Waals surface area contributed by atoms with Crippen molar-refractivity contribution in [2.75, 3.05) is 25.1 Å². The molecule has 0 amide bonds. The first kappa shape index (κ1) is 14.3. The molecule has 1 rings (SSSR count). The van der Waals surface area contributed by atoms with E-state index in [1.165, 1.54) is 14.0 Å². The van der Waals surface area contributed by atoms with Gasteiger partial charge in [-0.3, -0.25) is 0 Å². The van der Waals surface area contributed by atoms with Gasteiger partial charge in [0, 0.05) is 18.3 Å². The number of esters is 1. The highest BCUT2D eigenvalue weighted by atomic mass is 16.5. The highest BCUT2D eigenvalue weighted by Gasteiger charge is 2.33. The highest BCUT2D eigenvalue weighted by molar-refractivity contribution is 5.79. The summed E-state index contributed by atoms with van der Waals surface area (Å²) in [5, 5.41) is 19.5. The van der Waals surface area contributed by atoms with Gasteiger partial charge in [-0.25, -0.2) is 4.79 Å². The van der Waals surface area contributed by atoms with Crippen molar-refractivity contribution in [1.82, 2.24) is 0 Å². The topological polar surface area (TPSA) is 70.0 Å². The quantitative estimate of drug-likeness (QED) is 0.770. The molecule has 0 aliphatic heterocycles. The zero-order chi connectivity index (χ0) is 13.8. The third-order valence-electron chi connectivity index (χ3n) is 2.70. The summed E-state index contributed by atoms with van der Waals surface area (Å²) in [7, 11) is 1.24. The maximum atomic E-state index is 11.4. The molecule has 1 unspecified atom stereocenters. The van der Waals surface area contributed by atoms with Crippen LogP contribution in [0, 0.1) is 0 Å². The lowest BCUT2D eigenvalue weighted by Crippen LogP contribution is -2.47. The van der Waals surface area contributed by atoms with E-state index in [4.69, 9.17) is 0 Å². The fraction of sp³-hybridized carbons (Fsp3) is 0.462. The Labute approximate surface area is 107 Å². The van der Waals surface area contributed by atoms with Crippen LogP contribution in [0.15, 0.2) is 24.3 Å². The maximum Gasteiger partial charge on any atom is 0.339 e. The Hall–Kier alpha value is -1.75. The van der Waals surface area contributed by atoms with E-state index in [1.54, 1.807) is 29.2 Å². The minimum atomic E-state index is -1.59. The molecule has 0 aliphatic rings. The van der Waals surface area contributed by atoms with Crippen molar-refractivity contribution in [1.29, 1.82) is 0 Å². The molecule has 5 heteroatoms. The Balaban J connectivity index is 2.89. The zero-order valence-electron chi connectivity index (χ0n) is 10.9. The zero-order valence-corrected chi connectivity index (χ0v) is 10.9. The molecule has 0 radical (unpaired) electrons. The number of aromatic hydroxyl groups is 1. The molecule has 0 bridgehead atoms. The van der Waals surface area contributed by atoms with Gasteiger partial charge in [0.2, 0.25) is 0 Å². The van der Waals surface area contributed by atoms with Gasteiger partial charge >= 0.3 is 5.97 Å². The minimum Gasteiger partial charge on any atom is -0.508 e. The molecular weight excluding hydrogens is 234 g/mol. The van der Waals surface area contributed by atoms with Gasteiger partial charge < -0.3 is 19.8 Å². The second kappa shape index (κ2) is 5.73. The van der Waals surface area contributed by atoms with Crippen LogP contribution in [0.2, 0.25) is 0 Å². The van der Waals surface area contributed by atoms with Crippen molar-refractivity contribution >= 4 is 11.7 Å². The average Bonchev–Trinajstić information content (AvgIpc) is 2.34. The van der Waals surface area contributed by atoms with Gasteiger partial charge in [0.15, 0.2) is 5.60 Å². The van der Waals surface area contributed by atoms with E-state index in [-0.39, 0.29) is 12.3 Å². The SMILES string of the molecule is CCN(CC(C)(O)C(=O)OC)c1cccc(O)c1. The second-order valence-corrected chi connectivity index (χ2v) is 4.30. The molecule has 2 N–H and O–H groups in total. The maximum absolute atomic E-state index is 11.4. The summed E-state index contributed by atoms with van der Waals surface area (Å²) < 4.78 is 4.56. The molecule has 18 heavy (non-hydrogen) atoms. The van der Waals surface area contributed by atoms with Gasteiger partial charge in [-0.05, 0) is 26.0 Å². The van der Waals surface area contributed by atoms with Crippen molar-refractivity contribution in [3.05, 3.63) is 24.3 Å². The summed E-state index contributed by atoms with van der Waals surface area (Å²) in [6.07, 6.45) is 0. The van der Waals surface area contributed by atoms with E-state index >= 15 is 0 Å². The molecule has 0 heterocycles. The highest BCUT2D eigenvalue weighted by Crippen LogP contribution is 2.22. The van der Waals surface area contributed by atoms with E-state index < -0.39 is 11.6 Å². The van der Waals surface area contributed by atoms with Crippen LogP contribution in [-0.4, -0.2) is 42.0 Å². The number of hydrogen-bond acceptors (Lipinski definition) is 5. The number of benzene rings is 1. The average molecular weight is 253 g/mol. The third-order valence-corrected chi connectivity index (χ3v) is 2.70. The first-order valence-electron chi connectivity index (χ1n) is 5.75. The summed E-state index contributed by atoms with van der Waals surface area (Å²) in [5.74, 6) is -0.537. The minimum absolute atomic E-state index is 0.0969. The number of ether oxygens (including phenoxy) is 1. The van der Waals surface area contributed by atoms with Gasteiger partial charge in [0.1, 0.15) is 5.75 Å². The van der Waals surface area contributed by atoms with Gasteiger partial charge in [-0.15, -0.1) is 0 Å². The van der Waals surface area contributed by atoms with E-state index in [0.29, 0.717) is 6.54 Å². The van der Waals surface area contributed by atoms with Crippen LogP contribution < -0.4 is 4.90 Å². The molecule has 1 atom stereocenters. The normalized spacial score (nSPS) is 13.8. The smallest absolute Gasteiger partial charge is 0.339 e. The Bertz CT molecular complexity index is 417. The fourth-order valence-corrected chi connectivity index (χ4v) is 1.73. The lowest BCUT2D eigenvalue weighted by atomic mass is 10.1. The summed E-state index contributed by atoms with van der Waals surface area (Å²) in [6, 6.07) is 6.66. The number of carbonyl (C=O) groups excluding carboxylic acids is 1. The second-order valence-electron chi connectivity index (χ2n) is 4.30. The summed E-state index contributed by atoms with van der Waals surface area (Å²) in [5.41, 5.74) is -0.849. The number of methoxy groups -OCH3 is 1. The number of carbonyl (C=O) groups is 1. The number of anilines is 1. The van der Waals surface area contributed by atoms with Crippen molar-refractivity contribution in [2.45, 2.75) is 19.4 Å². The standard InChI is InChI=1S/C13H19NO4/c1-4-14(9-13(2,17)12(16)18-3)10-6-5-7-11(15)8-10/h5-8,15,17H,4,9H2,1-3H3. The molecule has 1 aromatic carbocycles. The van der Waals surface area contributed by atoms with Crippen molar-refractivity contribution < 1.29 is 19.7 Å². The molecule has 5 nitrogen and oxygen atoms in total. The summed E-state index contributed by atoms with van der Waals surface area (Å²) in [4.78, 5) is 13.2. The first-order valence-corrected chi connectivity index (χ1v) is 5.75. The predicted octanol–water partition coefficient (Wildman–Crippen LogP) is 1.14. The fourth-order valence-electron chi connectivity index (χ4n) is 1.73. The number of phenols is 1. The Morgan fingerprint density at radius 3 is 2.67 bits per heavy atom. The van der Waals surface area contributed by atoms with Crippen molar-refractivity contribution in [3.63, 3.8) is 0 Å². The van der Waals surface area contributed by atoms with Crippen LogP contribution in [0.4, 0.5) is 5.69 Å². The summed E-state index contributed by atoms with van der Waals surface area (Å²) >= 11 is 0. The number of aliphatic hydroxyl groups is 1. The van der Waals surface area contributed by atoms with Gasteiger partial charge in [-0.1, -0.05) is 6.07 Å². The molecule has 0 fully saturated rings. The van der Waals surface area contributed by atoms with Crippen LogP contribution in [-0.2, 0) is 9.53 Å². The molecule has 1 aromatic rings. The van der Waals surface area contributed by atoms with Crippen molar-refractivity contribution in [3.8, 4) is 5.75 Å². The van der Waals surface area contributed by atoms with Gasteiger partial charge in [0.25, 0.3) is 0 Å². The van der Waals surface area contributed by atoms with E-state index in [0.717, 1.165) is 5.69 Å². The van der Waals surface area contributed by atoms with E-state index in [9.17, 15) is 15.0 Å². The number of phenolic OH excluding ortho intramolecular Hbond substituents is 1. The molecule has 0 saturated heterocycles. The lowest BCUT2D eigenvalue weighted by molar-refractivity contribution is -0.159. The molecule has 0 saturated carbocycles.